The molecular formula is C15H27NO5. The standard InChI is InChI=1S/C15H27NO5/c1-14(2,3)20-12(18)7-10-8-16(9-11(10)17)13(19)21-15(4,5)6/h10-11,17H,7-9H2,1-6H3. The van der Waals surface area contributed by atoms with Crippen molar-refractivity contribution in [2.24, 2.45) is 5.92 Å². The maximum Gasteiger partial charge on any atom is 0.410 e. The van der Waals surface area contributed by atoms with Crippen molar-refractivity contribution in [1.82, 2.24) is 4.90 Å². The van der Waals surface area contributed by atoms with E-state index in [0.29, 0.717) is 6.54 Å². The van der Waals surface area contributed by atoms with Gasteiger partial charge in [0.2, 0.25) is 0 Å². The predicted molar refractivity (Wildman–Crippen MR) is 77.8 cm³/mol. The Balaban J connectivity index is 2.53. The monoisotopic (exact) mass is 301 g/mol. The number of likely N-dealkylation sites (tertiary alicyclic amines) is 1. The molecular weight excluding hydrogens is 274 g/mol. The molecule has 0 radical (unpaired) electrons. The lowest BCUT2D eigenvalue weighted by atomic mass is 10.0. The third-order valence-electron chi connectivity index (χ3n) is 2.91. The van der Waals surface area contributed by atoms with Gasteiger partial charge in [-0.05, 0) is 41.5 Å². The number of carbonyl (C=O) groups is 2. The van der Waals surface area contributed by atoms with Crippen LogP contribution in [0.5, 0.6) is 0 Å². The van der Waals surface area contributed by atoms with E-state index in [1.165, 1.54) is 4.90 Å². The second-order valence-corrected chi connectivity index (χ2v) is 7.50. The summed E-state index contributed by atoms with van der Waals surface area (Å²) in [5, 5.41) is 10.00. The second-order valence-electron chi connectivity index (χ2n) is 7.50. The van der Waals surface area contributed by atoms with E-state index in [1.807, 2.05) is 0 Å². The highest BCUT2D eigenvalue weighted by Gasteiger charge is 2.37. The molecule has 0 aromatic heterocycles. The van der Waals surface area contributed by atoms with Gasteiger partial charge in [-0.15, -0.1) is 0 Å². The highest BCUT2D eigenvalue weighted by Crippen LogP contribution is 2.24. The summed E-state index contributed by atoms with van der Waals surface area (Å²) in [5.41, 5.74) is -1.13. The van der Waals surface area contributed by atoms with Crippen LogP contribution < -0.4 is 0 Å². The van der Waals surface area contributed by atoms with Crippen molar-refractivity contribution in [3.63, 3.8) is 0 Å². The zero-order chi connectivity index (χ0) is 16.4. The van der Waals surface area contributed by atoms with E-state index in [1.54, 1.807) is 41.5 Å². The molecule has 6 nitrogen and oxygen atoms in total. The fourth-order valence-corrected chi connectivity index (χ4v) is 2.13. The van der Waals surface area contributed by atoms with Gasteiger partial charge in [-0.2, -0.15) is 0 Å². The van der Waals surface area contributed by atoms with Gasteiger partial charge in [-0.1, -0.05) is 0 Å². The van der Waals surface area contributed by atoms with Crippen LogP contribution in [0.25, 0.3) is 0 Å². The number of hydrogen-bond acceptors (Lipinski definition) is 5. The number of amides is 1. The first kappa shape index (κ1) is 17.8. The maximum atomic E-state index is 11.9. The summed E-state index contributed by atoms with van der Waals surface area (Å²) in [4.78, 5) is 25.2. The first-order chi connectivity index (χ1) is 9.37. The van der Waals surface area contributed by atoms with Crippen molar-refractivity contribution in [2.45, 2.75) is 65.3 Å². The minimum absolute atomic E-state index is 0.0950. The predicted octanol–water partition coefficient (Wildman–Crippen LogP) is 1.95. The van der Waals surface area contributed by atoms with Crippen LogP contribution in [0.15, 0.2) is 0 Å². The van der Waals surface area contributed by atoms with Gasteiger partial charge < -0.3 is 19.5 Å². The van der Waals surface area contributed by atoms with Gasteiger partial charge >= 0.3 is 12.1 Å². The van der Waals surface area contributed by atoms with Crippen LogP contribution in [0.2, 0.25) is 0 Å². The van der Waals surface area contributed by atoms with E-state index >= 15 is 0 Å². The third kappa shape index (κ3) is 6.33. The lowest BCUT2D eigenvalue weighted by Crippen LogP contribution is -2.36. The molecule has 2 atom stereocenters. The van der Waals surface area contributed by atoms with E-state index < -0.39 is 23.4 Å². The molecule has 6 heteroatoms. The van der Waals surface area contributed by atoms with E-state index in [-0.39, 0.29) is 24.9 Å². The SMILES string of the molecule is CC(C)(C)OC(=O)CC1CN(C(=O)OC(C)(C)C)CC1O. The lowest BCUT2D eigenvalue weighted by Gasteiger charge is -2.24. The van der Waals surface area contributed by atoms with Crippen molar-refractivity contribution in [3.8, 4) is 0 Å². The zero-order valence-electron chi connectivity index (χ0n) is 13.8. The number of nitrogens with zero attached hydrogens (tertiary/aromatic N) is 1. The number of hydrogen-bond donors (Lipinski definition) is 1. The summed E-state index contributed by atoms with van der Waals surface area (Å²) in [5.74, 6) is -0.676. The first-order valence-electron chi connectivity index (χ1n) is 7.25. The highest BCUT2D eigenvalue weighted by molar-refractivity contribution is 5.71. The fourth-order valence-electron chi connectivity index (χ4n) is 2.13. The second kappa shape index (κ2) is 6.22. The van der Waals surface area contributed by atoms with Crippen LogP contribution in [-0.2, 0) is 14.3 Å². The van der Waals surface area contributed by atoms with Gasteiger partial charge in [0.25, 0.3) is 0 Å². The summed E-state index contributed by atoms with van der Waals surface area (Å²) in [6.45, 7) is 11.2. The highest BCUT2D eigenvalue weighted by atomic mass is 16.6. The molecule has 122 valence electrons. The van der Waals surface area contributed by atoms with Crippen molar-refractivity contribution >= 4 is 12.1 Å². The first-order valence-corrected chi connectivity index (χ1v) is 7.25. The molecule has 2 unspecified atom stereocenters. The molecule has 21 heavy (non-hydrogen) atoms. The van der Waals surface area contributed by atoms with Crippen LogP contribution >= 0.6 is 0 Å². The Labute approximate surface area is 126 Å². The quantitative estimate of drug-likeness (QED) is 0.789. The minimum atomic E-state index is -0.731. The summed E-state index contributed by atoms with van der Waals surface area (Å²) in [6, 6.07) is 0. The molecule has 1 N–H and O–H groups in total. The smallest absolute Gasteiger partial charge is 0.410 e. The fraction of sp³-hybridized carbons (Fsp3) is 0.867. The van der Waals surface area contributed by atoms with Gasteiger partial charge in [-0.3, -0.25) is 4.79 Å². The number of aliphatic hydroxyl groups excluding tert-OH is 1. The molecule has 1 amide bonds. The molecule has 1 rings (SSSR count). The van der Waals surface area contributed by atoms with E-state index in [4.69, 9.17) is 9.47 Å². The van der Waals surface area contributed by atoms with E-state index in [0.717, 1.165) is 0 Å². The molecule has 0 bridgehead atoms. The topological polar surface area (TPSA) is 76.1 Å². The van der Waals surface area contributed by atoms with Crippen molar-refractivity contribution in [2.75, 3.05) is 13.1 Å². The summed E-state index contributed by atoms with van der Waals surface area (Å²) < 4.78 is 10.5. The molecule has 0 aliphatic carbocycles. The Hall–Kier alpha value is -1.30. The average Bonchev–Trinajstić information content (AvgIpc) is 2.54. The van der Waals surface area contributed by atoms with Crippen LogP contribution in [0.4, 0.5) is 4.79 Å². The van der Waals surface area contributed by atoms with Crippen LogP contribution in [-0.4, -0.2) is 52.5 Å². The summed E-state index contributed by atoms with van der Waals surface area (Å²) >= 11 is 0. The van der Waals surface area contributed by atoms with E-state index in [9.17, 15) is 14.7 Å². The maximum absolute atomic E-state index is 11.9. The van der Waals surface area contributed by atoms with Gasteiger partial charge in [0, 0.05) is 12.5 Å². The van der Waals surface area contributed by atoms with Crippen LogP contribution in [0.1, 0.15) is 48.0 Å². The van der Waals surface area contributed by atoms with Crippen molar-refractivity contribution in [1.29, 1.82) is 0 Å². The average molecular weight is 301 g/mol. The minimum Gasteiger partial charge on any atom is -0.460 e. The van der Waals surface area contributed by atoms with E-state index in [2.05, 4.69) is 0 Å². The largest absolute Gasteiger partial charge is 0.460 e. The Bertz CT molecular complexity index is 394. The third-order valence-corrected chi connectivity index (χ3v) is 2.91. The Kier molecular flexibility index (Phi) is 5.25. The van der Waals surface area contributed by atoms with Gasteiger partial charge in [0.15, 0.2) is 0 Å². The molecule has 1 aliphatic rings. The van der Waals surface area contributed by atoms with Crippen molar-refractivity contribution < 1.29 is 24.2 Å². The Morgan fingerprint density at radius 2 is 1.57 bits per heavy atom. The number of aliphatic hydroxyl groups is 1. The number of β-amino-alcohol motifs (C(OH)–C–C–N with tert-alkyl or cyclic N) is 1. The zero-order valence-corrected chi connectivity index (χ0v) is 13.8. The number of carbonyl (C=O) groups excluding carboxylic acids is 2. The van der Waals surface area contributed by atoms with Gasteiger partial charge in [0.05, 0.1) is 19.1 Å². The number of esters is 1. The number of rotatable bonds is 2. The van der Waals surface area contributed by atoms with Crippen LogP contribution in [0, 0.1) is 5.92 Å². The molecule has 0 spiro atoms. The Morgan fingerprint density at radius 3 is 2.05 bits per heavy atom. The molecule has 1 aliphatic heterocycles. The molecule has 1 fully saturated rings. The molecule has 1 heterocycles. The molecule has 0 aromatic carbocycles. The molecule has 0 saturated carbocycles. The Morgan fingerprint density at radius 1 is 1.05 bits per heavy atom. The van der Waals surface area contributed by atoms with Crippen molar-refractivity contribution in [3.05, 3.63) is 0 Å². The molecule has 1 saturated heterocycles. The summed E-state index contributed by atoms with van der Waals surface area (Å²) in [7, 11) is 0. The summed E-state index contributed by atoms with van der Waals surface area (Å²) in [6.07, 6.45) is -1.10. The van der Waals surface area contributed by atoms with Crippen LogP contribution in [0.3, 0.4) is 0 Å². The van der Waals surface area contributed by atoms with Gasteiger partial charge in [0.1, 0.15) is 11.2 Å². The normalized spacial score (nSPS) is 23.1. The number of ether oxygens (including phenoxy) is 2. The molecule has 0 aromatic rings. The lowest BCUT2D eigenvalue weighted by molar-refractivity contribution is -0.156. The van der Waals surface area contributed by atoms with Gasteiger partial charge in [-0.25, -0.2) is 4.79 Å².